The third-order valence-corrected chi connectivity index (χ3v) is 5.78. The van der Waals surface area contributed by atoms with Gasteiger partial charge in [-0.3, -0.25) is 9.59 Å². The second-order valence-electron chi connectivity index (χ2n) is 7.74. The van der Waals surface area contributed by atoms with Crippen molar-refractivity contribution in [1.82, 2.24) is 5.43 Å². The number of nitrogens with zero attached hydrogens (tertiary/aromatic N) is 1. The summed E-state index contributed by atoms with van der Waals surface area (Å²) in [6.07, 6.45) is 2.15. The molecule has 2 aliphatic rings. The molecule has 2 amide bonds. The molecule has 168 valence electrons. The molecule has 0 radical (unpaired) electrons. The minimum Gasteiger partial charge on any atom is -0.455 e. The van der Waals surface area contributed by atoms with Crippen LogP contribution in [0.3, 0.4) is 0 Å². The van der Waals surface area contributed by atoms with E-state index in [0.717, 1.165) is 12.0 Å². The topological polar surface area (TPSA) is 102 Å². The lowest BCUT2D eigenvalue weighted by Crippen LogP contribution is -2.22. The molecule has 0 saturated heterocycles. The van der Waals surface area contributed by atoms with E-state index in [9.17, 15) is 9.59 Å². The first kappa shape index (κ1) is 21.1. The Bertz CT molecular complexity index is 1300. The number of furan rings is 1. The molecule has 8 nitrogen and oxygen atoms in total. The molecule has 0 bridgehead atoms. The largest absolute Gasteiger partial charge is 0.455 e. The number of halogens is 1. The predicted molar refractivity (Wildman–Crippen MR) is 122 cm³/mol. The van der Waals surface area contributed by atoms with Crippen molar-refractivity contribution >= 4 is 34.8 Å². The van der Waals surface area contributed by atoms with Gasteiger partial charge in [-0.05, 0) is 50.1 Å². The van der Waals surface area contributed by atoms with E-state index < -0.39 is 0 Å². The predicted octanol–water partition coefficient (Wildman–Crippen LogP) is 4.69. The Balaban J connectivity index is 1.36. The number of rotatable bonds is 4. The molecule has 1 aliphatic carbocycles. The van der Waals surface area contributed by atoms with Crippen LogP contribution in [0.4, 0.5) is 5.69 Å². The first-order valence-corrected chi connectivity index (χ1v) is 10.8. The van der Waals surface area contributed by atoms with Crippen LogP contribution in [0, 0.1) is 6.92 Å². The number of aryl methyl sites for hydroxylation is 1. The van der Waals surface area contributed by atoms with E-state index in [1.807, 2.05) is 6.92 Å². The number of amides is 2. The van der Waals surface area contributed by atoms with Crippen LogP contribution in [0.15, 0.2) is 52.0 Å². The van der Waals surface area contributed by atoms with Crippen molar-refractivity contribution in [1.29, 1.82) is 0 Å². The summed E-state index contributed by atoms with van der Waals surface area (Å²) in [5.41, 5.74) is 5.69. The molecular formula is C24H20ClN3O5. The maximum absolute atomic E-state index is 12.9. The number of ether oxygens (including phenoxy) is 2. The average molecular weight is 466 g/mol. The third kappa shape index (κ3) is 4.17. The van der Waals surface area contributed by atoms with Crippen molar-refractivity contribution in [2.45, 2.75) is 26.2 Å². The molecule has 0 fully saturated rings. The summed E-state index contributed by atoms with van der Waals surface area (Å²) in [5.74, 6) is 1.38. The fourth-order valence-electron chi connectivity index (χ4n) is 3.97. The summed E-state index contributed by atoms with van der Waals surface area (Å²) in [4.78, 5) is 25.4. The van der Waals surface area contributed by atoms with E-state index in [0.29, 0.717) is 57.6 Å². The van der Waals surface area contributed by atoms with Gasteiger partial charge in [0, 0.05) is 39.9 Å². The number of carbonyl (C=O) groups excluding carboxylic acids is 2. The maximum atomic E-state index is 12.9. The number of hydrazone groups is 1. The van der Waals surface area contributed by atoms with Crippen LogP contribution < -0.4 is 20.2 Å². The molecule has 5 rings (SSSR count). The van der Waals surface area contributed by atoms with Crippen molar-refractivity contribution in [3.63, 3.8) is 0 Å². The number of hydrogen-bond donors (Lipinski definition) is 2. The van der Waals surface area contributed by atoms with Gasteiger partial charge in [-0.2, -0.15) is 5.10 Å². The van der Waals surface area contributed by atoms with Gasteiger partial charge in [0.1, 0.15) is 5.76 Å². The van der Waals surface area contributed by atoms with Crippen LogP contribution in [-0.4, -0.2) is 24.3 Å². The molecule has 2 N–H and O–H groups in total. The number of anilines is 1. The summed E-state index contributed by atoms with van der Waals surface area (Å²) in [6, 6.07) is 11.8. The standard InChI is InChI=1S/C24H20ClN3O5/c1-13-21-17(27-28-23(29)14-4-2-5-15(25)10-14)6-3-7-19(21)33-22(13)24(30)26-16-8-9-18-20(11-16)32-12-31-18/h2,4-5,8-11H,3,6-7,12H2,1H3,(H,26,30)(H,28,29)/b27-17+. The lowest BCUT2D eigenvalue weighted by atomic mass is 9.93. The van der Waals surface area contributed by atoms with Gasteiger partial charge in [-0.1, -0.05) is 17.7 Å². The Hall–Kier alpha value is -3.78. The fourth-order valence-corrected chi connectivity index (χ4v) is 4.16. The second-order valence-corrected chi connectivity index (χ2v) is 8.18. The Labute approximate surface area is 194 Å². The summed E-state index contributed by atoms with van der Waals surface area (Å²) < 4.78 is 16.6. The van der Waals surface area contributed by atoms with Crippen molar-refractivity contribution in [3.05, 3.63) is 75.7 Å². The molecule has 0 atom stereocenters. The highest BCUT2D eigenvalue weighted by Crippen LogP contribution is 2.35. The van der Waals surface area contributed by atoms with E-state index in [-0.39, 0.29) is 24.4 Å². The summed E-state index contributed by atoms with van der Waals surface area (Å²) in [7, 11) is 0. The monoisotopic (exact) mass is 465 g/mol. The number of nitrogens with one attached hydrogen (secondary N) is 2. The molecule has 9 heteroatoms. The van der Waals surface area contributed by atoms with E-state index in [2.05, 4.69) is 15.8 Å². The Kier molecular flexibility index (Phi) is 5.51. The van der Waals surface area contributed by atoms with Crippen LogP contribution in [0.5, 0.6) is 11.5 Å². The molecule has 1 aliphatic heterocycles. The Morgan fingerprint density at radius 2 is 1.88 bits per heavy atom. The zero-order valence-electron chi connectivity index (χ0n) is 17.7. The third-order valence-electron chi connectivity index (χ3n) is 5.54. The first-order valence-electron chi connectivity index (χ1n) is 10.5. The van der Waals surface area contributed by atoms with Crippen molar-refractivity contribution in [3.8, 4) is 11.5 Å². The highest BCUT2D eigenvalue weighted by atomic mass is 35.5. The second kappa shape index (κ2) is 8.63. The van der Waals surface area contributed by atoms with Gasteiger partial charge in [0.2, 0.25) is 6.79 Å². The average Bonchev–Trinajstić information content (AvgIpc) is 3.41. The van der Waals surface area contributed by atoms with Gasteiger partial charge in [-0.25, -0.2) is 5.43 Å². The number of benzene rings is 2. The Morgan fingerprint density at radius 1 is 1.03 bits per heavy atom. The molecule has 0 unspecified atom stereocenters. The first-order chi connectivity index (χ1) is 16.0. The molecule has 2 aromatic carbocycles. The summed E-state index contributed by atoms with van der Waals surface area (Å²) in [6.45, 7) is 1.98. The minimum atomic E-state index is -0.372. The number of fused-ring (bicyclic) bond motifs is 2. The van der Waals surface area contributed by atoms with E-state index in [1.165, 1.54) is 0 Å². The molecule has 1 aromatic heterocycles. The molecule has 0 saturated carbocycles. The normalized spacial score (nSPS) is 15.3. The summed E-state index contributed by atoms with van der Waals surface area (Å²) in [5, 5.41) is 7.65. The molecule has 2 heterocycles. The van der Waals surface area contributed by atoms with Gasteiger partial charge in [0.05, 0.1) is 5.71 Å². The van der Waals surface area contributed by atoms with E-state index in [1.54, 1.807) is 42.5 Å². The van der Waals surface area contributed by atoms with Gasteiger partial charge < -0.3 is 19.2 Å². The van der Waals surface area contributed by atoms with Crippen LogP contribution in [0.2, 0.25) is 5.02 Å². The van der Waals surface area contributed by atoms with E-state index >= 15 is 0 Å². The number of hydrogen-bond acceptors (Lipinski definition) is 6. The number of carbonyl (C=O) groups is 2. The van der Waals surface area contributed by atoms with Gasteiger partial charge in [0.25, 0.3) is 11.8 Å². The quantitative estimate of drug-likeness (QED) is 0.544. The lowest BCUT2D eigenvalue weighted by Gasteiger charge is -2.13. The van der Waals surface area contributed by atoms with Crippen molar-refractivity contribution < 1.29 is 23.5 Å². The van der Waals surface area contributed by atoms with Crippen LogP contribution in [0.25, 0.3) is 0 Å². The van der Waals surface area contributed by atoms with Crippen LogP contribution in [0.1, 0.15) is 50.6 Å². The SMILES string of the molecule is Cc1c(C(=O)Nc2ccc3c(c2)OCO3)oc2c1/C(=N/NC(=O)c1cccc(Cl)c1)CCC2. The zero-order valence-corrected chi connectivity index (χ0v) is 18.5. The summed E-state index contributed by atoms with van der Waals surface area (Å²) >= 11 is 5.96. The molecule has 33 heavy (non-hydrogen) atoms. The zero-order chi connectivity index (χ0) is 22.9. The van der Waals surface area contributed by atoms with Gasteiger partial charge in [0.15, 0.2) is 17.3 Å². The lowest BCUT2D eigenvalue weighted by molar-refractivity contribution is 0.0953. The van der Waals surface area contributed by atoms with Crippen molar-refractivity contribution in [2.24, 2.45) is 5.10 Å². The van der Waals surface area contributed by atoms with Crippen molar-refractivity contribution in [2.75, 3.05) is 12.1 Å². The Morgan fingerprint density at radius 3 is 2.73 bits per heavy atom. The smallest absolute Gasteiger partial charge is 0.291 e. The van der Waals surface area contributed by atoms with Crippen LogP contribution in [-0.2, 0) is 6.42 Å². The van der Waals surface area contributed by atoms with Gasteiger partial charge in [-0.15, -0.1) is 0 Å². The highest BCUT2D eigenvalue weighted by Gasteiger charge is 2.28. The minimum absolute atomic E-state index is 0.159. The molecular weight excluding hydrogens is 446 g/mol. The van der Waals surface area contributed by atoms with Crippen LogP contribution >= 0.6 is 11.6 Å². The van der Waals surface area contributed by atoms with Gasteiger partial charge >= 0.3 is 0 Å². The molecule has 3 aromatic rings. The van der Waals surface area contributed by atoms with E-state index in [4.69, 9.17) is 25.5 Å². The fraction of sp³-hybridized carbons (Fsp3) is 0.208. The maximum Gasteiger partial charge on any atom is 0.291 e. The molecule has 0 spiro atoms. The highest BCUT2D eigenvalue weighted by molar-refractivity contribution is 6.31.